The highest BCUT2D eigenvalue weighted by Crippen LogP contribution is 2.20. The van der Waals surface area contributed by atoms with Crippen molar-refractivity contribution < 1.29 is 9.53 Å². The molecular formula is C21H30N4O2S. The molecule has 7 heteroatoms. The van der Waals surface area contributed by atoms with Gasteiger partial charge in [-0.3, -0.25) is 4.79 Å². The first-order chi connectivity index (χ1) is 13.7. The quantitative estimate of drug-likeness (QED) is 0.660. The number of hydrogen-bond acceptors (Lipinski definition) is 6. The first-order valence-electron chi connectivity index (χ1n) is 10.1. The first-order valence-corrected chi connectivity index (χ1v) is 10.9. The third-order valence-electron chi connectivity index (χ3n) is 5.08. The molecule has 1 aromatic carbocycles. The summed E-state index contributed by atoms with van der Waals surface area (Å²) in [5.41, 5.74) is 1.20. The molecule has 1 aliphatic carbocycles. The molecule has 0 saturated heterocycles. The average Bonchev–Trinajstić information content (AvgIpc) is 3.18. The molecule has 1 heterocycles. The van der Waals surface area contributed by atoms with Crippen LogP contribution in [0.25, 0.3) is 0 Å². The number of aromatic nitrogens is 2. The van der Waals surface area contributed by atoms with E-state index < -0.39 is 0 Å². The van der Waals surface area contributed by atoms with Crippen LogP contribution in [-0.4, -0.2) is 48.1 Å². The zero-order chi connectivity index (χ0) is 19.6. The minimum absolute atomic E-state index is 0.128. The van der Waals surface area contributed by atoms with Crippen LogP contribution in [0.5, 0.6) is 0 Å². The fourth-order valence-electron chi connectivity index (χ4n) is 3.51. The Bertz CT molecular complexity index is 716. The number of nitrogens with one attached hydrogen (secondary N) is 1. The molecule has 1 aliphatic rings. The first kappa shape index (κ1) is 20.7. The van der Waals surface area contributed by atoms with Gasteiger partial charge in [0.25, 0.3) is 0 Å². The predicted molar refractivity (Wildman–Crippen MR) is 113 cm³/mol. The fourth-order valence-corrected chi connectivity index (χ4v) is 4.25. The fraction of sp³-hybridized carbons (Fsp3) is 0.571. The average molecular weight is 403 g/mol. The van der Waals surface area contributed by atoms with Crippen molar-refractivity contribution in [1.29, 1.82) is 0 Å². The molecule has 28 heavy (non-hydrogen) atoms. The number of methoxy groups -OCH3 is 1. The Balaban J connectivity index is 1.54. The highest BCUT2D eigenvalue weighted by molar-refractivity contribution is 7.09. The number of rotatable bonds is 10. The van der Waals surface area contributed by atoms with E-state index in [1.165, 1.54) is 36.4 Å². The van der Waals surface area contributed by atoms with E-state index in [2.05, 4.69) is 26.7 Å². The van der Waals surface area contributed by atoms with E-state index in [0.29, 0.717) is 32.2 Å². The maximum Gasteiger partial charge on any atom is 0.221 e. The highest BCUT2D eigenvalue weighted by atomic mass is 32.1. The second kappa shape index (κ2) is 11.1. The second-order valence-corrected chi connectivity index (χ2v) is 8.02. The molecule has 2 aromatic rings. The van der Waals surface area contributed by atoms with Gasteiger partial charge in [0.15, 0.2) is 0 Å². The topological polar surface area (TPSA) is 67.3 Å². The molecule has 0 atom stereocenters. The van der Waals surface area contributed by atoms with E-state index in [-0.39, 0.29) is 5.91 Å². The number of hydrogen-bond donors (Lipinski definition) is 1. The summed E-state index contributed by atoms with van der Waals surface area (Å²) in [6, 6.07) is 10.6. The minimum Gasteiger partial charge on any atom is -0.383 e. The largest absolute Gasteiger partial charge is 0.383 e. The van der Waals surface area contributed by atoms with E-state index in [0.717, 1.165) is 30.2 Å². The molecule has 0 bridgehead atoms. The van der Waals surface area contributed by atoms with Crippen molar-refractivity contribution in [3.63, 3.8) is 0 Å². The molecule has 0 aliphatic heterocycles. The zero-order valence-corrected chi connectivity index (χ0v) is 17.4. The van der Waals surface area contributed by atoms with Gasteiger partial charge >= 0.3 is 0 Å². The lowest BCUT2D eigenvalue weighted by Gasteiger charge is -2.24. The molecule has 6 nitrogen and oxygen atoms in total. The predicted octanol–water partition coefficient (Wildman–Crippen LogP) is 3.42. The lowest BCUT2D eigenvalue weighted by molar-refractivity contribution is -0.121. The summed E-state index contributed by atoms with van der Waals surface area (Å²) < 4.78 is 9.75. The normalized spacial score (nSPS) is 14.8. The summed E-state index contributed by atoms with van der Waals surface area (Å²) in [5, 5.41) is 4.05. The van der Waals surface area contributed by atoms with Crippen molar-refractivity contribution in [2.24, 2.45) is 0 Å². The lowest BCUT2D eigenvalue weighted by atomic mass is 9.95. The van der Waals surface area contributed by atoms with E-state index in [1.807, 2.05) is 18.2 Å². The number of carbonyl (C=O) groups is 1. The molecule has 1 aromatic heterocycles. The van der Waals surface area contributed by atoms with Crippen molar-refractivity contribution in [3.05, 3.63) is 41.7 Å². The number of ether oxygens (including phenoxy) is 1. The van der Waals surface area contributed by atoms with Gasteiger partial charge in [-0.15, -0.1) is 0 Å². The SMILES string of the molecule is COCCN(CCC(=O)NC1CCCCC1)c1nc(Cc2ccccc2)ns1. The van der Waals surface area contributed by atoms with Gasteiger partial charge in [-0.25, -0.2) is 4.98 Å². The van der Waals surface area contributed by atoms with Crippen molar-refractivity contribution in [1.82, 2.24) is 14.7 Å². The van der Waals surface area contributed by atoms with E-state index in [9.17, 15) is 4.79 Å². The smallest absolute Gasteiger partial charge is 0.221 e. The second-order valence-electron chi connectivity index (χ2n) is 7.29. The molecular weight excluding hydrogens is 372 g/mol. The Hall–Kier alpha value is -1.99. The van der Waals surface area contributed by atoms with Gasteiger partial charge in [0.1, 0.15) is 5.82 Å². The number of anilines is 1. The zero-order valence-electron chi connectivity index (χ0n) is 16.6. The van der Waals surface area contributed by atoms with Crippen LogP contribution in [0.2, 0.25) is 0 Å². The highest BCUT2D eigenvalue weighted by Gasteiger charge is 2.18. The molecule has 0 radical (unpaired) electrons. The Morgan fingerprint density at radius 2 is 2.00 bits per heavy atom. The van der Waals surface area contributed by atoms with Crippen LogP contribution in [0, 0.1) is 0 Å². The Morgan fingerprint density at radius 1 is 1.21 bits per heavy atom. The van der Waals surface area contributed by atoms with Gasteiger partial charge in [-0.1, -0.05) is 49.6 Å². The molecule has 1 N–H and O–H groups in total. The number of carbonyl (C=O) groups excluding carboxylic acids is 1. The number of amides is 1. The van der Waals surface area contributed by atoms with Crippen LogP contribution < -0.4 is 10.2 Å². The summed E-state index contributed by atoms with van der Waals surface area (Å²) in [4.78, 5) is 19.2. The Kier molecular flexibility index (Phi) is 8.23. The van der Waals surface area contributed by atoms with Crippen molar-refractivity contribution in [2.45, 2.75) is 51.0 Å². The van der Waals surface area contributed by atoms with E-state index in [1.54, 1.807) is 7.11 Å². The van der Waals surface area contributed by atoms with Gasteiger partial charge in [-0.05, 0) is 18.4 Å². The summed E-state index contributed by atoms with van der Waals surface area (Å²) in [6.45, 7) is 1.92. The van der Waals surface area contributed by atoms with Gasteiger partial charge in [0, 0.05) is 50.6 Å². The summed E-state index contributed by atoms with van der Waals surface area (Å²) >= 11 is 1.39. The Labute approximate surface area is 171 Å². The van der Waals surface area contributed by atoms with Crippen molar-refractivity contribution in [3.8, 4) is 0 Å². The molecule has 1 saturated carbocycles. The van der Waals surface area contributed by atoms with Gasteiger partial charge in [0.2, 0.25) is 11.0 Å². The van der Waals surface area contributed by atoms with Gasteiger partial charge in [0.05, 0.1) is 6.61 Å². The third kappa shape index (κ3) is 6.56. The Morgan fingerprint density at radius 3 is 2.75 bits per heavy atom. The maximum atomic E-state index is 12.4. The van der Waals surface area contributed by atoms with Gasteiger partial charge in [-0.2, -0.15) is 4.37 Å². The van der Waals surface area contributed by atoms with Crippen LogP contribution in [0.3, 0.4) is 0 Å². The summed E-state index contributed by atoms with van der Waals surface area (Å²) in [5.74, 6) is 0.948. The van der Waals surface area contributed by atoms with Crippen molar-refractivity contribution in [2.75, 3.05) is 31.7 Å². The number of nitrogens with zero attached hydrogens (tertiary/aromatic N) is 3. The van der Waals surface area contributed by atoms with Crippen LogP contribution in [0.1, 0.15) is 49.9 Å². The molecule has 3 rings (SSSR count). The molecule has 152 valence electrons. The number of benzene rings is 1. The summed E-state index contributed by atoms with van der Waals surface area (Å²) in [6.07, 6.45) is 7.14. The van der Waals surface area contributed by atoms with Crippen LogP contribution >= 0.6 is 11.5 Å². The standard InChI is InChI=1S/C21H30N4O2S/c1-27-15-14-25(13-12-20(26)22-18-10-6-3-7-11-18)21-23-19(24-28-21)16-17-8-4-2-5-9-17/h2,4-5,8-9,18H,3,6-7,10-16H2,1H3,(H,22,26). The minimum atomic E-state index is 0.128. The van der Waals surface area contributed by atoms with Gasteiger partial charge < -0.3 is 15.0 Å². The van der Waals surface area contributed by atoms with Crippen LogP contribution in [0.15, 0.2) is 30.3 Å². The monoisotopic (exact) mass is 402 g/mol. The third-order valence-corrected chi connectivity index (χ3v) is 5.89. The van der Waals surface area contributed by atoms with E-state index in [4.69, 9.17) is 9.72 Å². The van der Waals surface area contributed by atoms with E-state index >= 15 is 0 Å². The lowest BCUT2D eigenvalue weighted by Crippen LogP contribution is -2.38. The molecule has 1 fully saturated rings. The molecule has 0 spiro atoms. The maximum absolute atomic E-state index is 12.4. The van der Waals surface area contributed by atoms with Crippen LogP contribution in [-0.2, 0) is 16.0 Å². The molecule has 0 unspecified atom stereocenters. The molecule has 1 amide bonds. The van der Waals surface area contributed by atoms with Crippen molar-refractivity contribution >= 4 is 22.6 Å². The van der Waals surface area contributed by atoms with Crippen LogP contribution in [0.4, 0.5) is 5.13 Å². The summed E-state index contributed by atoms with van der Waals surface area (Å²) in [7, 11) is 1.69.